The number of carbonyl (C=O) groups is 4. The Morgan fingerprint density at radius 2 is 1.34 bits per heavy atom. The molecular weight excluding hydrogens is 911 g/mol. The number of carbonyl (C=O) groups excluding carboxylic acids is 4. The summed E-state index contributed by atoms with van der Waals surface area (Å²) in [5.41, 5.74) is 3.07. The molecule has 2 aliphatic carbocycles. The number of alkyl carbamates (subject to hydrolysis) is 2. The zero-order valence-corrected chi connectivity index (χ0v) is 41.7. The van der Waals surface area contributed by atoms with Gasteiger partial charge >= 0.3 is 12.2 Å². The number of amides is 4. The van der Waals surface area contributed by atoms with E-state index in [1.165, 1.54) is 26.4 Å². The van der Waals surface area contributed by atoms with Crippen LogP contribution in [0.3, 0.4) is 0 Å². The number of piperidine rings is 2. The molecule has 16 nitrogen and oxygen atoms in total. The van der Waals surface area contributed by atoms with Gasteiger partial charge in [-0.05, 0) is 118 Å². The molecule has 18 heteroatoms. The van der Waals surface area contributed by atoms with Gasteiger partial charge in [-0.2, -0.15) is 0 Å². The molecule has 4 aromatic rings. The molecule has 4 N–H and O–H groups in total. The van der Waals surface area contributed by atoms with Crippen molar-refractivity contribution in [2.24, 2.45) is 23.7 Å². The normalized spacial score (nSPS) is 25.9. The maximum absolute atomic E-state index is 16.7. The Morgan fingerprint density at radius 1 is 0.732 bits per heavy atom. The predicted molar refractivity (Wildman–Crippen MR) is 264 cm³/mol. The molecule has 7 heterocycles. The molecule has 5 aliphatic heterocycles. The number of benzene rings is 2. The van der Waals surface area contributed by atoms with E-state index in [1.807, 2.05) is 43.6 Å². The SMILES string of the molecule is COC(=O)N[C@H](C(=O)N1CCC[C@H]1c1nc2c([nH]1)=CCC([C@H]1CC[C@H](c3ccc4[nH]c([C@@H]5CCCN5C(=O)[C@@H](NC(=O)OC)C(C)C)nc4c3)N1c1cc(F)c(N3CC4CCC3CC4)c(F)c1)C=2)C(C)C. The highest BCUT2D eigenvalue weighted by molar-refractivity contribution is 5.87. The molecule has 5 saturated heterocycles. The number of hydrogen-bond donors (Lipinski definition) is 4. The third-order valence-corrected chi connectivity index (χ3v) is 16.4. The minimum absolute atomic E-state index is 0.0573. The van der Waals surface area contributed by atoms with E-state index < -0.39 is 35.9 Å². The number of fused-ring (bicyclic) bond motifs is 5. The second-order valence-corrected chi connectivity index (χ2v) is 21.3. The van der Waals surface area contributed by atoms with Crippen LogP contribution in [0, 0.1) is 35.3 Å². The van der Waals surface area contributed by atoms with Gasteiger partial charge in [0.25, 0.3) is 0 Å². The Labute approximate surface area is 413 Å². The summed E-state index contributed by atoms with van der Waals surface area (Å²) in [5.74, 6) is -0.0268. The number of nitrogens with zero attached hydrogens (tertiary/aromatic N) is 6. The lowest BCUT2D eigenvalue weighted by Gasteiger charge is -2.47. The van der Waals surface area contributed by atoms with Crippen molar-refractivity contribution >= 4 is 58.6 Å². The van der Waals surface area contributed by atoms with Crippen molar-refractivity contribution in [2.75, 3.05) is 43.7 Å². The maximum Gasteiger partial charge on any atom is 0.407 e. The Hall–Kier alpha value is -6.20. The molecule has 1 unspecified atom stereocenters. The van der Waals surface area contributed by atoms with Gasteiger partial charge < -0.3 is 49.7 Å². The highest BCUT2D eigenvalue weighted by Crippen LogP contribution is 2.47. The van der Waals surface area contributed by atoms with Crippen molar-refractivity contribution in [3.05, 3.63) is 69.9 Å². The topological polar surface area (TPSA) is 181 Å². The van der Waals surface area contributed by atoms with Crippen LogP contribution in [0.4, 0.5) is 29.7 Å². The number of ether oxygens (including phenoxy) is 2. The number of nitrogens with one attached hydrogen (secondary N) is 4. The van der Waals surface area contributed by atoms with Crippen molar-refractivity contribution in [2.45, 2.75) is 141 Å². The Bertz CT molecular complexity index is 2780. The van der Waals surface area contributed by atoms with Gasteiger partial charge in [0.1, 0.15) is 29.4 Å². The van der Waals surface area contributed by atoms with E-state index in [1.54, 1.807) is 4.90 Å². The fraction of sp³-hybridized carbons (Fsp3) is 0.585. The van der Waals surface area contributed by atoms with Crippen LogP contribution >= 0.6 is 0 Å². The lowest BCUT2D eigenvalue weighted by atomic mass is 9.79. The van der Waals surface area contributed by atoms with Crippen LogP contribution in [0.1, 0.15) is 134 Å². The van der Waals surface area contributed by atoms with Crippen LogP contribution in [0.25, 0.3) is 23.2 Å². The first kappa shape index (κ1) is 48.4. The van der Waals surface area contributed by atoms with E-state index in [0.717, 1.165) is 85.1 Å². The van der Waals surface area contributed by atoms with Gasteiger partial charge in [0, 0.05) is 43.3 Å². The minimum atomic E-state index is -0.756. The van der Waals surface area contributed by atoms with Crippen LogP contribution in [0.5, 0.6) is 0 Å². The maximum atomic E-state index is 16.7. The summed E-state index contributed by atoms with van der Waals surface area (Å²) in [4.78, 5) is 77.4. The first-order chi connectivity index (χ1) is 34.2. The number of methoxy groups -OCH3 is 2. The number of H-pyrrole nitrogens is 2. The fourth-order valence-electron chi connectivity index (χ4n) is 12.7. The van der Waals surface area contributed by atoms with Crippen LogP contribution in [0.15, 0.2) is 30.3 Å². The molecule has 0 radical (unpaired) electrons. The minimum Gasteiger partial charge on any atom is -0.453 e. The number of rotatable bonds is 12. The number of halogens is 2. The summed E-state index contributed by atoms with van der Waals surface area (Å²) >= 11 is 0. The molecule has 1 saturated carbocycles. The van der Waals surface area contributed by atoms with Gasteiger partial charge in [0.05, 0.1) is 54.1 Å². The summed E-state index contributed by atoms with van der Waals surface area (Å²) in [5, 5.41) is 7.11. The monoisotopic (exact) mass is 979 g/mol. The van der Waals surface area contributed by atoms with E-state index in [2.05, 4.69) is 49.8 Å². The van der Waals surface area contributed by atoms with E-state index >= 15 is 8.78 Å². The zero-order valence-electron chi connectivity index (χ0n) is 41.7. The van der Waals surface area contributed by atoms with Crippen LogP contribution in [-0.2, 0) is 19.1 Å². The van der Waals surface area contributed by atoms with E-state index in [-0.39, 0.29) is 65.5 Å². The first-order valence-corrected chi connectivity index (χ1v) is 25.8. The summed E-state index contributed by atoms with van der Waals surface area (Å²) in [6.07, 6.45) is 12.3. The lowest BCUT2D eigenvalue weighted by Crippen LogP contribution is -2.51. The van der Waals surface area contributed by atoms with Crippen LogP contribution in [-0.4, -0.2) is 112 Å². The predicted octanol–water partition coefficient (Wildman–Crippen LogP) is 7.02. The molecule has 6 fully saturated rings. The summed E-state index contributed by atoms with van der Waals surface area (Å²) in [6, 6.07) is 6.85. The van der Waals surface area contributed by atoms with Crippen molar-refractivity contribution in [1.29, 1.82) is 0 Å². The second-order valence-electron chi connectivity index (χ2n) is 21.3. The van der Waals surface area contributed by atoms with Gasteiger partial charge in [0.2, 0.25) is 11.8 Å². The van der Waals surface area contributed by atoms with Gasteiger partial charge in [-0.15, -0.1) is 0 Å². The van der Waals surface area contributed by atoms with Gasteiger partial charge in [-0.25, -0.2) is 28.3 Å². The number of hydrogen-bond acceptors (Lipinski definition) is 10. The molecule has 0 spiro atoms. The van der Waals surface area contributed by atoms with E-state index in [9.17, 15) is 19.2 Å². The zero-order chi connectivity index (χ0) is 49.8. The largest absolute Gasteiger partial charge is 0.453 e. The van der Waals surface area contributed by atoms with Crippen molar-refractivity contribution in [3.63, 3.8) is 0 Å². The van der Waals surface area contributed by atoms with Gasteiger partial charge in [0.15, 0.2) is 11.6 Å². The van der Waals surface area contributed by atoms with Crippen molar-refractivity contribution in [1.82, 2.24) is 40.4 Å². The Morgan fingerprint density at radius 3 is 1.90 bits per heavy atom. The molecule has 71 heavy (non-hydrogen) atoms. The molecule has 7 aliphatic rings. The van der Waals surface area contributed by atoms with Crippen molar-refractivity contribution < 1.29 is 37.4 Å². The summed E-state index contributed by atoms with van der Waals surface area (Å²) in [6.45, 7) is 9.31. The van der Waals surface area contributed by atoms with Crippen LogP contribution in [0.2, 0.25) is 0 Å². The number of aromatic nitrogens is 4. The smallest absolute Gasteiger partial charge is 0.407 e. The Balaban J connectivity index is 0.963. The fourth-order valence-corrected chi connectivity index (χ4v) is 12.7. The number of anilines is 2. The average Bonchev–Trinajstić information content (AvgIpc) is 4.23. The molecule has 380 valence electrons. The number of likely N-dealkylation sites (tertiary alicyclic amines) is 2. The Kier molecular flexibility index (Phi) is 13.5. The molecule has 2 bridgehead atoms. The third kappa shape index (κ3) is 9.19. The quantitative estimate of drug-likeness (QED) is 0.115. The molecule has 2 aromatic heterocycles. The van der Waals surface area contributed by atoms with Crippen molar-refractivity contribution in [3.8, 4) is 0 Å². The average molecular weight is 979 g/mol. The van der Waals surface area contributed by atoms with Gasteiger partial charge in [-0.3, -0.25) is 9.59 Å². The van der Waals surface area contributed by atoms with Crippen LogP contribution < -0.4 is 31.1 Å². The molecular formula is C53H68F2N10O6. The molecule has 2 aromatic carbocycles. The molecule has 11 rings (SSSR count). The first-order valence-electron chi connectivity index (χ1n) is 25.8. The van der Waals surface area contributed by atoms with Gasteiger partial charge in [-0.1, -0.05) is 45.9 Å². The molecule has 7 atom stereocenters. The highest BCUT2D eigenvalue weighted by Gasteiger charge is 2.43. The molecule has 4 amide bonds. The van der Waals surface area contributed by atoms with E-state index in [4.69, 9.17) is 19.4 Å². The summed E-state index contributed by atoms with van der Waals surface area (Å²) in [7, 11) is 2.56. The standard InChI is InChI=1S/C53H68F2N10O6/c1-28(2)45(60-52(68)70-5)50(66)62-21-7-9-43(62)48-56-37-17-13-31(23-39(37)58-48)41-19-20-42(65(41)34-25-35(54)47(36(55)26-34)64-27-30-11-15-33(64)16-12-30)32-14-18-38-40(24-32)59-49(57-38)44-10-8-22-63(44)51(67)46(29(3)4)61-53(69)71-6/h13,17-18,23-26,28-30,32-33,41-46H,7-12,14-16,19-22,27H2,1-6H3,(H,56,58)(H,57,59)(H,60,68)(H,61,69)/t30?,32?,33?,41-,42-,43+,44+,45+,46+/m1/s1. The summed E-state index contributed by atoms with van der Waals surface area (Å²) < 4.78 is 43.1. The number of imidazole rings is 2. The van der Waals surface area contributed by atoms with E-state index in [0.29, 0.717) is 55.7 Å². The second kappa shape index (κ2) is 19.8. The number of aromatic amines is 2. The lowest BCUT2D eigenvalue weighted by molar-refractivity contribution is -0.136. The highest BCUT2D eigenvalue weighted by atomic mass is 19.1. The third-order valence-electron chi connectivity index (χ3n) is 16.4.